The van der Waals surface area contributed by atoms with Crippen molar-refractivity contribution in [3.05, 3.63) is 65.5 Å². The lowest BCUT2D eigenvalue weighted by Gasteiger charge is -2.13. The number of benzene rings is 2. The number of rotatable bonds is 4. The second-order valence-corrected chi connectivity index (χ2v) is 7.38. The molecular weight excluding hydrogens is 313 g/mol. The van der Waals surface area contributed by atoms with E-state index in [1.54, 1.807) is 24.3 Å². The Morgan fingerprint density at radius 2 is 1.61 bits per heavy atom. The molecule has 3 nitrogen and oxygen atoms in total. The van der Waals surface area contributed by atoms with E-state index in [9.17, 15) is 12.8 Å². The molecule has 0 aromatic heterocycles. The Kier molecular flexibility index (Phi) is 4.33. The second kappa shape index (κ2) is 6.26. The van der Waals surface area contributed by atoms with E-state index >= 15 is 0 Å². The number of sulfonamides is 1. The van der Waals surface area contributed by atoms with Crippen LogP contribution >= 0.6 is 0 Å². The first-order chi connectivity index (χ1) is 11.0. The van der Waals surface area contributed by atoms with Gasteiger partial charge in [-0.25, -0.2) is 17.5 Å². The molecule has 0 saturated carbocycles. The summed E-state index contributed by atoms with van der Waals surface area (Å²) in [5.41, 5.74) is 3.82. The van der Waals surface area contributed by atoms with Gasteiger partial charge in [-0.05, 0) is 66.8 Å². The molecule has 1 aliphatic rings. The molecule has 0 fully saturated rings. The Morgan fingerprint density at radius 3 is 2.30 bits per heavy atom. The van der Waals surface area contributed by atoms with Crippen LogP contribution in [0.1, 0.15) is 30.4 Å². The lowest BCUT2D eigenvalue weighted by molar-refractivity contribution is 0.588. The molecule has 2 aromatic carbocycles. The summed E-state index contributed by atoms with van der Waals surface area (Å²) in [6, 6.07) is 13.4. The summed E-state index contributed by atoms with van der Waals surface area (Å²) in [4.78, 5) is 0.291. The number of hydrogen-bond donors (Lipinski definition) is 1. The van der Waals surface area contributed by atoms with Crippen molar-refractivity contribution in [3.63, 3.8) is 0 Å². The van der Waals surface area contributed by atoms with Crippen molar-refractivity contribution in [2.75, 3.05) is 7.05 Å². The third kappa shape index (κ3) is 3.07. The zero-order valence-electron chi connectivity index (χ0n) is 12.8. The Hall–Kier alpha value is -1.98. The average Bonchev–Trinajstić information content (AvgIpc) is 3.05. The van der Waals surface area contributed by atoms with E-state index in [1.807, 2.05) is 12.1 Å². The maximum Gasteiger partial charge on any atom is 0.240 e. The third-order valence-electron chi connectivity index (χ3n) is 4.18. The van der Waals surface area contributed by atoms with E-state index in [0.29, 0.717) is 4.90 Å². The zero-order valence-corrected chi connectivity index (χ0v) is 13.7. The molecular formula is C18H18FNO2S. The summed E-state index contributed by atoms with van der Waals surface area (Å²) in [7, 11) is -2.11. The first-order valence-corrected chi connectivity index (χ1v) is 9.02. The summed E-state index contributed by atoms with van der Waals surface area (Å²) in [5.74, 6) is -0.271. The van der Waals surface area contributed by atoms with E-state index in [0.717, 1.165) is 41.5 Å². The van der Waals surface area contributed by atoms with E-state index in [-0.39, 0.29) is 5.82 Å². The van der Waals surface area contributed by atoms with Crippen LogP contribution in [0.15, 0.2) is 53.4 Å². The van der Waals surface area contributed by atoms with Gasteiger partial charge in [-0.3, -0.25) is 0 Å². The number of nitrogens with one attached hydrogen (secondary N) is 1. The van der Waals surface area contributed by atoms with E-state index in [4.69, 9.17) is 0 Å². The Balaban J connectivity index is 2.17. The monoisotopic (exact) mass is 331 g/mol. The average molecular weight is 331 g/mol. The molecule has 5 heteroatoms. The quantitative estimate of drug-likeness (QED) is 0.925. The summed E-state index contributed by atoms with van der Waals surface area (Å²) >= 11 is 0. The highest BCUT2D eigenvalue weighted by molar-refractivity contribution is 7.89. The summed E-state index contributed by atoms with van der Waals surface area (Å²) in [6.45, 7) is 0. The molecule has 0 saturated heterocycles. The standard InChI is InChI=1S/C18H18FNO2S/c1-20-23(21,22)18-8-3-2-5-17(18)16-7-4-6-15(16)13-9-11-14(19)12-10-13/h2-3,5,8-12,20H,4,6-7H2,1H3. The van der Waals surface area contributed by atoms with Crippen molar-refractivity contribution >= 4 is 21.2 Å². The summed E-state index contributed by atoms with van der Waals surface area (Å²) in [6.07, 6.45) is 2.66. The molecule has 2 aromatic rings. The molecule has 1 aliphatic carbocycles. The fraction of sp³-hybridized carbons (Fsp3) is 0.222. The fourth-order valence-electron chi connectivity index (χ4n) is 3.07. The van der Waals surface area contributed by atoms with Gasteiger partial charge >= 0.3 is 0 Å². The Morgan fingerprint density at radius 1 is 0.957 bits per heavy atom. The van der Waals surface area contributed by atoms with Gasteiger partial charge in [0.15, 0.2) is 0 Å². The van der Waals surface area contributed by atoms with Crippen LogP contribution in [0, 0.1) is 5.82 Å². The molecule has 1 N–H and O–H groups in total. The lowest BCUT2D eigenvalue weighted by Crippen LogP contribution is -2.20. The summed E-state index contributed by atoms with van der Waals surface area (Å²) in [5, 5.41) is 0. The van der Waals surface area contributed by atoms with E-state index < -0.39 is 10.0 Å². The highest BCUT2D eigenvalue weighted by Gasteiger charge is 2.23. The van der Waals surface area contributed by atoms with Crippen molar-refractivity contribution in [2.24, 2.45) is 0 Å². The highest BCUT2D eigenvalue weighted by atomic mass is 32.2. The highest BCUT2D eigenvalue weighted by Crippen LogP contribution is 2.41. The zero-order chi connectivity index (χ0) is 16.4. The number of allylic oxidation sites excluding steroid dienone is 2. The van der Waals surface area contributed by atoms with E-state index in [2.05, 4.69) is 4.72 Å². The number of halogens is 1. The molecule has 23 heavy (non-hydrogen) atoms. The smallest absolute Gasteiger partial charge is 0.214 e. The molecule has 0 unspecified atom stereocenters. The van der Waals surface area contributed by atoms with Crippen LogP contribution in [-0.2, 0) is 10.0 Å². The molecule has 0 bridgehead atoms. The van der Waals surface area contributed by atoms with Crippen LogP contribution in [0.4, 0.5) is 4.39 Å². The van der Waals surface area contributed by atoms with Crippen LogP contribution in [0.5, 0.6) is 0 Å². The third-order valence-corrected chi connectivity index (χ3v) is 5.65. The van der Waals surface area contributed by atoms with Gasteiger partial charge in [0.2, 0.25) is 10.0 Å². The van der Waals surface area contributed by atoms with Gasteiger partial charge in [0, 0.05) is 0 Å². The van der Waals surface area contributed by atoms with Crippen LogP contribution in [0.2, 0.25) is 0 Å². The van der Waals surface area contributed by atoms with Gasteiger partial charge in [0.1, 0.15) is 5.82 Å². The molecule has 0 spiro atoms. The van der Waals surface area contributed by atoms with Crippen LogP contribution in [0.25, 0.3) is 11.1 Å². The van der Waals surface area contributed by atoms with Crippen LogP contribution in [-0.4, -0.2) is 15.5 Å². The van der Waals surface area contributed by atoms with Crippen LogP contribution < -0.4 is 4.72 Å². The number of hydrogen-bond acceptors (Lipinski definition) is 2. The summed E-state index contributed by atoms with van der Waals surface area (Å²) < 4.78 is 40.1. The Bertz CT molecular complexity index is 855. The second-order valence-electron chi connectivity index (χ2n) is 5.52. The minimum atomic E-state index is -3.52. The molecule has 0 aliphatic heterocycles. The van der Waals surface area contributed by atoms with Gasteiger partial charge in [0.05, 0.1) is 4.90 Å². The predicted molar refractivity (Wildman–Crippen MR) is 89.8 cm³/mol. The molecule has 0 heterocycles. The maximum atomic E-state index is 13.2. The van der Waals surface area contributed by atoms with Crippen molar-refractivity contribution in [2.45, 2.75) is 24.2 Å². The maximum absolute atomic E-state index is 13.2. The minimum absolute atomic E-state index is 0.271. The fourth-order valence-corrected chi connectivity index (χ4v) is 4.03. The van der Waals surface area contributed by atoms with Crippen molar-refractivity contribution in [1.29, 1.82) is 0 Å². The molecule has 3 rings (SSSR count). The van der Waals surface area contributed by atoms with Gasteiger partial charge in [-0.2, -0.15) is 0 Å². The van der Waals surface area contributed by atoms with Crippen molar-refractivity contribution in [3.8, 4) is 0 Å². The van der Waals surface area contributed by atoms with Gasteiger partial charge in [-0.15, -0.1) is 0 Å². The topological polar surface area (TPSA) is 46.2 Å². The molecule has 120 valence electrons. The molecule has 0 atom stereocenters. The van der Waals surface area contributed by atoms with Gasteiger partial charge in [-0.1, -0.05) is 30.3 Å². The van der Waals surface area contributed by atoms with Crippen molar-refractivity contribution in [1.82, 2.24) is 4.72 Å². The lowest BCUT2D eigenvalue weighted by atomic mass is 9.97. The Labute approximate surface area is 135 Å². The first kappa shape index (κ1) is 15.9. The first-order valence-electron chi connectivity index (χ1n) is 7.54. The van der Waals surface area contributed by atoms with E-state index in [1.165, 1.54) is 19.2 Å². The van der Waals surface area contributed by atoms with Crippen LogP contribution in [0.3, 0.4) is 0 Å². The predicted octanol–water partition coefficient (Wildman–Crippen LogP) is 3.83. The van der Waals surface area contributed by atoms with Gasteiger partial charge in [0.25, 0.3) is 0 Å². The molecule has 0 radical (unpaired) electrons. The SMILES string of the molecule is CNS(=O)(=O)c1ccccc1C1=C(c2ccc(F)cc2)CCC1. The minimum Gasteiger partial charge on any atom is -0.214 e. The molecule has 0 amide bonds. The van der Waals surface area contributed by atoms with Gasteiger partial charge < -0.3 is 0 Å². The van der Waals surface area contributed by atoms with Crippen molar-refractivity contribution < 1.29 is 12.8 Å². The largest absolute Gasteiger partial charge is 0.240 e. The normalized spacial score (nSPS) is 15.2.